The summed E-state index contributed by atoms with van der Waals surface area (Å²) in [6, 6.07) is 52.8. The number of hydrogen-bond donors (Lipinski definition) is 0. The molecular formula is C49H41N. The quantitative estimate of drug-likeness (QED) is 0.0971. The van der Waals surface area contributed by atoms with Gasteiger partial charge in [0.15, 0.2) is 0 Å². The minimum atomic E-state index is 0.320. The molecule has 0 spiro atoms. The molecule has 1 unspecified atom stereocenters. The second kappa shape index (κ2) is 13.3. The number of hydrogen-bond acceptors (Lipinski definition) is 1. The molecule has 0 heterocycles. The van der Waals surface area contributed by atoms with Crippen molar-refractivity contribution in [1.29, 1.82) is 0 Å². The van der Waals surface area contributed by atoms with E-state index in [2.05, 4.69) is 185 Å². The fourth-order valence-corrected chi connectivity index (χ4v) is 7.76. The van der Waals surface area contributed by atoms with E-state index < -0.39 is 0 Å². The van der Waals surface area contributed by atoms with Gasteiger partial charge in [-0.15, -0.1) is 0 Å². The van der Waals surface area contributed by atoms with E-state index in [-0.39, 0.29) is 0 Å². The van der Waals surface area contributed by atoms with Crippen molar-refractivity contribution < 1.29 is 0 Å². The predicted octanol–water partition coefficient (Wildman–Crippen LogP) is 13.5. The van der Waals surface area contributed by atoms with Crippen LogP contribution in [0.25, 0.3) is 60.3 Å². The molecule has 7 aromatic carbocycles. The minimum absolute atomic E-state index is 0.320. The second-order valence-corrected chi connectivity index (χ2v) is 13.7. The number of aryl methyl sites for hydroxylation is 1. The van der Waals surface area contributed by atoms with Gasteiger partial charge in [0.1, 0.15) is 0 Å². The van der Waals surface area contributed by atoms with Crippen molar-refractivity contribution in [2.45, 2.75) is 34.1 Å². The second-order valence-electron chi connectivity index (χ2n) is 13.7. The van der Waals surface area contributed by atoms with Crippen LogP contribution < -0.4 is 0 Å². The number of allylic oxidation sites excluding steroid dienone is 5. The summed E-state index contributed by atoms with van der Waals surface area (Å²) >= 11 is 0. The SMILES string of the molecule is CC(=N/C(=C(\C)c1ccccc1)c1ccccc1)C1=CC=C(c2c3ccccc3c(-c3ccc4cc(C)ccc4c3)c3ccccc23)C(C)C1. The third kappa shape index (κ3) is 5.80. The normalized spacial score (nSPS) is 15.6. The smallest absolute Gasteiger partial charge is 0.0740 e. The number of rotatable bonds is 6. The van der Waals surface area contributed by atoms with E-state index in [1.807, 2.05) is 0 Å². The highest BCUT2D eigenvalue weighted by Crippen LogP contribution is 2.45. The summed E-state index contributed by atoms with van der Waals surface area (Å²) < 4.78 is 0. The van der Waals surface area contributed by atoms with Crippen LogP contribution in [-0.4, -0.2) is 5.71 Å². The molecule has 0 saturated heterocycles. The molecule has 1 atom stereocenters. The van der Waals surface area contributed by atoms with Gasteiger partial charge in [0, 0.05) is 11.3 Å². The number of aliphatic imine (C=N–C) groups is 1. The van der Waals surface area contributed by atoms with Crippen LogP contribution in [0, 0.1) is 12.8 Å². The lowest BCUT2D eigenvalue weighted by atomic mass is 9.78. The lowest BCUT2D eigenvalue weighted by Gasteiger charge is -2.26. The van der Waals surface area contributed by atoms with Crippen molar-refractivity contribution in [3.63, 3.8) is 0 Å². The maximum Gasteiger partial charge on any atom is 0.0740 e. The van der Waals surface area contributed by atoms with Crippen LogP contribution >= 0.6 is 0 Å². The molecule has 0 aromatic heterocycles. The topological polar surface area (TPSA) is 12.4 Å². The van der Waals surface area contributed by atoms with Gasteiger partial charge < -0.3 is 0 Å². The molecule has 0 fully saturated rings. The summed E-state index contributed by atoms with van der Waals surface area (Å²) in [4.78, 5) is 5.35. The molecule has 0 amide bonds. The van der Waals surface area contributed by atoms with Crippen LogP contribution in [-0.2, 0) is 0 Å². The van der Waals surface area contributed by atoms with E-state index in [1.54, 1.807) is 0 Å². The molecular weight excluding hydrogens is 603 g/mol. The first-order valence-electron chi connectivity index (χ1n) is 17.7. The molecule has 0 saturated carbocycles. The fourth-order valence-electron chi connectivity index (χ4n) is 7.76. The Morgan fingerprint density at radius 1 is 0.560 bits per heavy atom. The average Bonchev–Trinajstić information content (AvgIpc) is 3.16. The van der Waals surface area contributed by atoms with E-state index in [4.69, 9.17) is 4.99 Å². The number of nitrogens with zero attached hydrogens (tertiary/aromatic N) is 1. The monoisotopic (exact) mass is 643 g/mol. The van der Waals surface area contributed by atoms with Crippen molar-refractivity contribution in [3.05, 3.63) is 186 Å². The Balaban J connectivity index is 1.26. The standard InChI is InChI=1S/C49H41N/c1-32-23-24-40-31-41(26-25-39(40)29-32)47-43-19-11-13-21-45(43)48(46-22-14-12-20-44(46)47)42-28-27-38(30-33(42)2)35(4)50-49(37-17-9-6-10-18-37)34(3)36-15-7-5-8-16-36/h5-29,31,33H,30H2,1-4H3/b49-34+,50-35?. The van der Waals surface area contributed by atoms with Gasteiger partial charge in [-0.25, -0.2) is 0 Å². The number of fused-ring (bicyclic) bond motifs is 3. The summed E-state index contributed by atoms with van der Waals surface area (Å²) in [5.41, 5.74) is 13.5. The highest BCUT2D eigenvalue weighted by Gasteiger charge is 2.24. The predicted molar refractivity (Wildman–Crippen MR) is 217 cm³/mol. The first-order chi connectivity index (χ1) is 24.5. The highest BCUT2D eigenvalue weighted by molar-refractivity contribution is 6.19. The molecule has 1 aliphatic rings. The summed E-state index contributed by atoms with van der Waals surface area (Å²) in [5, 5.41) is 7.75. The van der Waals surface area contributed by atoms with Crippen LogP contribution in [0.5, 0.6) is 0 Å². The molecule has 7 aromatic rings. The van der Waals surface area contributed by atoms with Gasteiger partial charge in [0.25, 0.3) is 0 Å². The molecule has 242 valence electrons. The Morgan fingerprint density at radius 2 is 1.10 bits per heavy atom. The zero-order valence-corrected chi connectivity index (χ0v) is 29.2. The fraction of sp³-hybridized carbons (Fsp3) is 0.122. The minimum Gasteiger partial charge on any atom is -0.253 e. The Kier molecular flexibility index (Phi) is 8.34. The first kappa shape index (κ1) is 31.5. The highest BCUT2D eigenvalue weighted by atomic mass is 14.8. The Morgan fingerprint density at radius 3 is 1.72 bits per heavy atom. The van der Waals surface area contributed by atoms with Crippen LogP contribution in [0.2, 0.25) is 0 Å². The zero-order chi connectivity index (χ0) is 34.2. The van der Waals surface area contributed by atoms with Crippen molar-refractivity contribution >= 4 is 54.9 Å². The van der Waals surface area contributed by atoms with Crippen LogP contribution in [0.4, 0.5) is 0 Å². The Bertz CT molecular complexity index is 2470. The lowest BCUT2D eigenvalue weighted by Crippen LogP contribution is -2.11. The Labute approximate surface area is 295 Å². The summed E-state index contributed by atoms with van der Waals surface area (Å²) in [7, 11) is 0. The molecule has 0 bridgehead atoms. The van der Waals surface area contributed by atoms with Gasteiger partial charge in [-0.1, -0.05) is 164 Å². The van der Waals surface area contributed by atoms with E-state index in [0.29, 0.717) is 5.92 Å². The van der Waals surface area contributed by atoms with Gasteiger partial charge in [-0.3, -0.25) is 4.99 Å². The number of benzene rings is 7. The largest absolute Gasteiger partial charge is 0.253 e. The maximum absolute atomic E-state index is 5.35. The maximum atomic E-state index is 5.35. The van der Waals surface area contributed by atoms with E-state index in [0.717, 1.165) is 23.4 Å². The van der Waals surface area contributed by atoms with Crippen LogP contribution in [0.1, 0.15) is 49.4 Å². The average molecular weight is 644 g/mol. The first-order valence-corrected chi connectivity index (χ1v) is 17.7. The summed E-state index contributed by atoms with van der Waals surface area (Å²) in [6.45, 7) is 8.89. The van der Waals surface area contributed by atoms with Crippen LogP contribution in [0.15, 0.2) is 168 Å². The molecule has 1 aliphatic carbocycles. The third-order valence-corrected chi connectivity index (χ3v) is 10.4. The molecule has 8 rings (SSSR count). The molecule has 0 radical (unpaired) electrons. The summed E-state index contributed by atoms with van der Waals surface area (Å²) in [5.74, 6) is 0.320. The van der Waals surface area contributed by atoms with Crippen molar-refractivity contribution in [2.75, 3.05) is 0 Å². The van der Waals surface area contributed by atoms with Gasteiger partial charge in [-0.05, 0) is 110 Å². The molecule has 50 heavy (non-hydrogen) atoms. The summed E-state index contributed by atoms with van der Waals surface area (Å²) in [6.07, 6.45) is 5.62. The van der Waals surface area contributed by atoms with Crippen molar-refractivity contribution in [3.8, 4) is 11.1 Å². The van der Waals surface area contributed by atoms with Gasteiger partial charge in [-0.2, -0.15) is 0 Å². The van der Waals surface area contributed by atoms with Crippen molar-refractivity contribution in [1.82, 2.24) is 0 Å². The Hall–Kier alpha value is -5.79. The molecule has 0 N–H and O–H groups in total. The van der Waals surface area contributed by atoms with Gasteiger partial charge in [0.2, 0.25) is 0 Å². The van der Waals surface area contributed by atoms with E-state index >= 15 is 0 Å². The molecule has 0 aliphatic heterocycles. The zero-order valence-electron chi connectivity index (χ0n) is 29.2. The van der Waals surface area contributed by atoms with E-state index in [9.17, 15) is 0 Å². The van der Waals surface area contributed by atoms with Gasteiger partial charge in [0.05, 0.1) is 5.70 Å². The van der Waals surface area contributed by atoms with Gasteiger partial charge >= 0.3 is 0 Å². The molecule has 1 heteroatoms. The lowest BCUT2D eigenvalue weighted by molar-refractivity contribution is 0.745. The van der Waals surface area contributed by atoms with Crippen LogP contribution in [0.3, 0.4) is 0 Å². The van der Waals surface area contributed by atoms with Crippen molar-refractivity contribution in [2.24, 2.45) is 10.9 Å². The molecule has 1 nitrogen and oxygen atoms in total. The third-order valence-electron chi connectivity index (χ3n) is 10.4. The van der Waals surface area contributed by atoms with E-state index in [1.165, 1.54) is 76.9 Å².